The number of carbonyl (C=O) groups is 2. The van der Waals surface area contributed by atoms with Gasteiger partial charge in [0.25, 0.3) is 5.69 Å². The molecule has 142 valence electrons. The molecule has 1 fully saturated rings. The number of benzene rings is 1. The second-order valence-electron chi connectivity index (χ2n) is 6.89. The zero-order valence-corrected chi connectivity index (χ0v) is 15.8. The van der Waals surface area contributed by atoms with E-state index in [1.165, 1.54) is 23.8 Å². The van der Waals surface area contributed by atoms with Gasteiger partial charge in [0, 0.05) is 24.1 Å². The van der Waals surface area contributed by atoms with Crippen molar-refractivity contribution in [3.63, 3.8) is 0 Å². The fourth-order valence-electron chi connectivity index (χ4n) is 3.55. The van der Waals surface area contributed by atoms with E-state index in [0.717, 1.165) is 25.7 Å². The van der Waals surface area contributed by atoms with Gasteiger partial charge in [-0.2, -0.15) is 11.3 Å². The van der Waals surface area contributed by atoms with E-state index in [1.54, 1.807) is 18.3 Å². The highest BCUT2D eigenvalue weighted by molar-refractivity contribution is 7.08. The average Bonchev–Trinajstić information content (AvgIpc) is 3.33. The lowest BCUT2D eigenvalue weighted by molar-refractivity contribution is -0.384. The third-order valence-corrected chi connectivity index (χ3v) is 5.85. The molecule has 27 heavy (non-hydrogen) atoms. The molecule has 1 heterocycles. The summed E-state index contributed by atoms with van der Waals surface area (Å²) < 4.78 is 0. The number of hydrogen-bond acceptors (Lipinski definition) is 5. The Morgan fingerprint density at radius 1 is 1.22 bits per heavy atom. The summed E-state index contributed by atoms with van der Waals surface area (Å²) in [4.78, 5) is 34.9. The van der Waals surface area contributed by atoms with Crippen molar-refractivity contribution in [2.24, 2.45) is 0 Å². The summed E-state index contributed by atoms with van der Waals surface area (Å²) in [6.07, 6.45) is 4.17. The van der Waals surface area contributed by atoms with Crippen molar-refractivity contribution in [1.29, 1.82) is 0 Å². The number of thiophene rings is 1. The zero-order chi connectivity index (χ0) is 19.4. The maximum Gasteiger partial charge on any atom is 0.313 e. The number of anilines is 1. The second-order valence-corrected chi connectivity index (χ2v) is 7.67. The van der Waals surface area contributed by atoms with Crippen LogP contribution in [0.1, 0.15) is 36.8 Å². The topological polar surface area (TPSA) is 101 Å². The molecule has 0 atom stereocenters. The molecule has 2 aromatic rings. The lowest BCUT2D eigenvalue weighted by atomic mass is 9.80. The molecule has 0 unspecified atom stereocenters. The molecule has 0 saturated heterocycles. The Balaban J connectivity index is 1.65. The molecule has 2 N–H and O–H groups in total. The monoisotopic (exact) mass is 387 g/mol. The molecule has 0 bridgehead atoms. The molecule has 1 saturated carbocycles. The molecule has 0 radical (unpaired) electrons. The Kier molecular flexibility index (Phi) is 5.55. The fourth-order valence-corrected chi connectivity index (χ4v) is 4.33. The van der Waals surface area contributed by atoms with E-state index in [1.807, 2.05) is 5.38 Å². The molecule has 0 spiro atoms. The van der Waals surface area contributed by atoms with Gasteiger partial charge in [-0.1, -0.05) is 18.9 Å². The first-order valence-corrected chi connectivity index (χ1v) is 9.72. The highest BCUT2D eigenvalue weighted by Gasteiger charge is 2.36. The number of nitro groups is 1. The summed E-state index contributed by atoms with van der Waals surface area (Å²) in [5.74, 6) is -1.56. The van der Waals surface area contributed by atoms with Crippen molar-refractivity contribution in [2.75, 3.05) is 11.9 Å². The fraction of sp³-hybridized carbons (Fsp3) is 0.368. The van der Waals surface area contributed by atoms with Crippen LogP contribution in [0.25, 0.3) is 0 Å². The van der Waals surface area contributed by atoms with E-state index in [0.29, 0.717) is 12.1 Å². The summed E-state index contributed by atoms with van der Waals surface area (Å²) in [6.45, 7) is 2.12. The van der Waals surface area contributed by atoms with Crippen LogP contribution < -0.4 is 10.6 Å². The van der Waals surface area contributed by atoms with Gasteiger partial charge >= 0.3 is 11.8 Å². The molecular weight excluding hydrogens is 366 g/mol. The molecule has 2 amide bonds. The van der Waals surface area contributed by atoms with Crippen LogP contribution in [0, 0.1) is 17.0 Å². The normalized spacial score (nSPS) is 15.3. The van der Waals surface area contributed by atoms with E-state index >= 15 is 0 Å². The number of amides is 2. The van der Waals surface area contributed by atoms with E-state index in [9.17, 15) is 19.7 Å². The maximum atomic E-state index is 12.3. The number of nitro benzene ring substituents is 1. The zero-order valence-electron chi connectivity index (χ0n) is 15.0. The van der Waals surface area contributed by atoms with Gasteiger partial charge < -0.3 is 10.6 Å². The first kappa shape index (κ1) is 19.0. The molecule has 3 rings (SSSR count). The molecule has 1 aromatic heterocycles. The number of non-ortho nitro benzene ring substituents is 1. The molecule has 7 nitrogen and oxygen atoms in total. The van der Waals surface area contributed by atoms with Crippen LogP contribution in [-0.2, 0) is 15.0 Å². The second kappa shape index (κ2) is 7.87. The van der Waals surface area contributed by atoms with Crippen molar-refractivity contribution in [1.82, 2.24) is 5.32 Å². The van der Waals surface area contributed by atoms with Crippen LogP contribution >= 0.6 is 11.3 Å². The van der Waals surface area contributed by atoms with Gasteiger partial charge in [-0.05, 0) is 47.7 Å². The predicted octanol–water partition coefficient (Wildman–Crippen LogP) is 3.53. The standard InChI is InChI=1S/C19H21N3O4S/c1-13-4-5-15(22(25)26)10-16(13)21-18(24)17(23)20-12-19(7-2-3-8-19)14-6-9-27-11-14/h4-6,9-11H,2-3,7-8,12H2,1H3,(H,20,23)(H,21,24). The van der Waals surface area contributed by atoms with Crippen molar-refractivity contribution in [3.8, 4) is 0 Å². The number of aryl methyl sites for hydroxylation is 1. The molecule has 0 aliphatic heterocycles. The van der Waals surface area contributed by atoms with Crippen LogP contribution in [0.2, 0.25) is 0 Å². The van der Waals surface area contributed by atoms with Gasteiger partial charge in [-0.15, -0.1) is 0 Å². The van der Waals surface area contributed by atoms with Crippen LogP contribution in [0.3, 0.4) is 0 Å². The van der Waals surface area contributed by atoms with E-state index in [-0.39, 0.29) is 16.8 Å². The Morgan fingerprint density at radius 3 is 2.59 bits per heavy atom. The van der Waals surface area contributed by atoms with Gasteiger partial charge in [0.1, 0.15) is 0 Å². The summed E-state index contributed by atoms with van der Waals surface area (Å²) in [6, 6.07) is 6.23. The minimum absolute atomic E-state index is 0.114. The van der Waals surface area contributed by atoms with Gasteiger partial charge in [-0.25, -0.2) is 0 Å². The van der Waals surface area contributed by atoms with E-state index < -0.39 is 16.7 Å². The maximum absolute atomic E-state index is 12.3. The summed E-state index contributed by atoms with van der Waals surface area (Å²) in [7, 11) is 0. The minimum Gasteiger partial charge on any atom is -0.347 e. The highest BCUT2D eigenvalue weighted by Crippen LogP contribution is 2.41. The third-order valence-electron chi connectivity index (χ3n) is 5.17. The van der Waals surface area contributed by atoms with E-state index in [2.05, 4.69) is 22.1 Å². The van der Waals surface area contributed by atoms with Gasteiger partial charge in [0.15, 0.2) is 0 Å². The van der Waals surface area contributed by atoms with Gasteiger partial charge in [0.05, 0.1) is 10.6 Å². The number of rotatable bonds is 5. The quantitative estimate of drug-likeness (QED) is 0.465. The van der Waals surface area contributed by atoms with Crippen LogP contribution in [0.4, 0.5) is 11.4 Å². The van der Waals surface area contributed by atoms with Crippen LogP contribution in [0.15, 0.2) is 35.0 Å². The predicted molar refractivity (Wildman–Crippen MR) is 104 cm³/mol. The lowest BCUT2D eigenvalue weighted by Gasteiger charge is -2.28. The van der Waals surface area contributed by atoms with E-state index in [4.69, 9.17) is 0 Å². The largest absolute Gasteiger partial charge is 0.347 e. The Morgan fingerprint density at radius 2 is 1.96 bits per heavy atom. The SMILES string of the molecule is Cc1ccc([N+](=O)[O-])cc1NC(=O)C(=O)NCC1(c2ccsc2)CCCC1. The number of hydrogen-bond donors (Lipinski definition) is 2. The van der Waals surface area contributed by atoms with Crippen LogP contribution in [-0.4, -0.2) is 23.3 Å². The smallest absolute Gasteiger partial charge is 0.313 e. The first-order chi connectivity index (χ1) is 12.9. The highest BCUT2D eigenvalue weighted by atomic mass is 32.1. The number of carbonyl (C=O) groups excluding carboxylic acids is 2. The van der Waals surface area contributed by atoms with Gasteiger partial charge in [-0.3, -0.25) is 19.7 Å². The number of nitrogens with zero attached hydrogens (tertiary/aromatic N) is 1. The average molecular weight is 387 g/mol. The third kappa shape index (κ3) is 4.16. The van der Waals surface area contributed by atoms with Crippen molar-refractivity contribution < 1.29 is 14.5 Å². The number of nitrogens with one attached hydrogen (secondary N) is 2. The summed E-state index contributed by atoms with van der Waals surface area (Å²) in [5.41, 5.74) is 1.86. The summed E-state index contributed by atoms with van der Waals surface area (Å²) >= 11 is 1.63. The van der Waals surface area contributed by atoms with Crippen molar-refractivity contribution in [2.45, 2.75) is 38.0 Å². The molecule has 1 aromatic carbocycles. The molecule has 1 aliphatic rings. The molecule has 1 aliphatic carbocycles. The Bertz CT molecular complexity index is 858. The minimum atomic E-state index is -0.822. The van der Waals surface area contributed by atoms with Crippen molar-refractivity contribution >= 4 is 34.5 Å². The Hall–Kier alpha value is -2.74. The Labute approximate surface area is 160 Å². The summed E-state index contributed by atoms with van der Waals surface area (Å²) in [5, 5.41) is 20.2. The molecule has 8 heteroatoms. The van der Waals surface area contributed by atoms with Crippen LogP contribution in [0.5, 0.6) is 0 Å². The molecular formula is C19H21N3O4S. The van der Waals surface area contributed by atoms with Crippen molar-refractivity contribution in [3.05, 3.63) is 56.3 Å². The first-order valence-electron chi connectivity index (χ1n) is 8.78. The lowest BCUT2D eigenvalue weighted by Crippen LogP contribution is -2.43. The van der Waals surface area contributed by atoms with Gasteiger partial charge in [0.2, 0.25) is 0 Å².